The lowest BCUT2D eigenvalue weighted by Gasteiger charge is -2.40. The molecule has 1 saturated heterocycles. The molecular weight excluding hydrogens is 354 g/mol. The van der Waals surface area contributed by atoms with Gasteiger partial charge in [-0.05, 0) is 56.6 Å². The number of benzene rings is 1. The van der Waals surface area contributed by atoms with E-state index in [4.69, 9.17) is 4.42 Å². The van der Waals surface area contributed by atoms with Gasteiger partial charge in [0.1, 0.15) is 11.5 Å². The highest BCUT2D eigenvalue weighted by Gasteiger charge is 2.42. The summed E-state index contributed by atoms with van der Waals surface area (Å²) in [5.41, 5.74) is -1.02. The Hall–Kier alpha value is -2.25. The molecule has 27 heavy (non-hydrogen) atoms. The first-order chi connectivity index (χ1) is 12.8. The zero-order chi connectivity index (χ0) is 19.6. The van der Waals surface area contributed by atoms with Gasteiger partial charge in [-0.1, -0.05) is 6.07 Å². The third-order valence-corrected chi connectivity index (χ3v) is 4.81. The summed E-state index contributed by atoms with van der Waals surface area (Å²) in [6, 6.07) is 7.32. The maximum absolute atomic E-state index is 13.4. The van der Waals surface area contributed by atoms with Crippen molar-refractivity contribution in [3.8, 4) is 0 Å². The lowest BCUT2D eigenvalue weighted by atomic mass is 9.90. The Kier molecular flexibility index (Phi) is 5.62. The first-order valence-corrected chi connectivity index (χ1v) is 8.96. The number of halogens is 2. The summed E-state index contributed by atoms with van der Waals surface area (Å²) in [7, 11) is 1.82. The average molecular weight is 378 g/mol. The second-order valence-corrected chi connectivity index (χ2v) is 7.29. The Labute approximate surface area is 157 Å². The summed E-state index contributed by atoms with van der Waals surface area (Å²) >= 11 is 0. The fourth-order valence-electron chi connectivity index (χ4n) is 3.56. The van der Waals surface area contributed by atoms with E-state index in [-0.39, 0.29) is 19.0 Å². The van der Waals surface area contributed by atoms with Gasteiger partial charge in [0.25, 0.3) is 5.91 Å². The molecule has 7 heteroatoms. The van der Waals surface area contributed by atoms with E-state index in [0.29, 0.717) is 31.5 Å². The fourth-order valence-corrected chi connectivity index (χ4v) is 3.56. The second-order valence-electron chi connectivity index (χ2n) is 7.29. The molecule has 1 aliphatic heterocycles. The maximum atomic E-state index is 13.4. The number of carbonyl (C=O) groups is 1. The molecule has 5 nitrogen and oxygen atoms in total. The van der Waals surface area contributed by atoms with Gasteiger partial charge in [-0.15, -0.1) is 0 Å². The van der Waals surface area contributed by atoms with Gasteiger partial charge in [-0.3, -0.25) is 9.69 Å². The van der Waals surface area contributed by atoms with Gasteiger partial charge >= 0.3 is 0 Å². The Morgan fingerprint density at radius 2 is 2.04 bits per heavy atom. The Balaban J connectivity index is 1.66. The standard InChI is InChI=1S/C20H24F2N2O3/c1-14-4-6-16(27-14)12-23(2)13-20(26)8-3-9-24(19(20)25)11-15-5-7-17(21)18(22)10-15/h4-7,10,26H,3,8-9,11-13H2,1-2H3. The van der Waals surface area contributed by atoms with E-state index in [1.165, 1.54) is 11.0 Å². The third kappa shape index (κ3) is 4.54. The van der Waals surface area contributed by atoms with E-state index in [9.17, 15) is 18.7 Å². The quantitative estimate of drug-likeness (QED) is 0.840. The van der Waals surface area contributed by atoms with Crippen molar-refractivity contribution in [2.75, 3.05) is 20.1 Å². The highest BCUT2D eigenvalue weighted by atomic mass is 19.2. The molecule has 0 saturated carbocycles. The van der Waals surface area contributed by atoms with E-state index < -0.39 is 17.2 Å². The topological polar surface area (TPSA) is 56.9 Å². The molecule has 1 aromatic carbocycles. The minimum absolute atomic E-state index is 0.138. The number of likely N-dealkylation sites (tertiary alicyclic amines) is 1. The number of nitrogens with zero attached hydrogens (tertiary/aromatic N) is 2. The van der Waals surface area contributed by atoms with E-state index in [1.807, 2.05) is 31.0 Å². The summed E-state index contributed by atoms with van der Waals surface area (Å²) in [5.74, 6) is -0.680. The van der Waals surface area contributed by atoms with Crippen LogP contribution in [0, 0.1) is 18.6 Å². The first-order valence-electron chi connectivity index (χ1n) is 8.96. The molecule has 1 aliphatic rings. The normalized spacial score (nSPS) is 20.5. The molecule has 1 unspecified atom stereocenters. The van der Waals surface area contributed by atoms with Crippen molar-refractivity contribution in [3.05, 3.63) is 59.1 Å². The van der Waals surface area contributed by atoms with Crippen molar-refractivity contribution in [2.24, 2.45) is 0 Å². The molecule has 0 spiro atoms. The largest absolute Gasteiger partial charge is 0.465 e. The highest BCUT2D eigenvalue weighted by Crippen LogP contribution is 2.26. The molecule has 0 aliphatic carbocycles. The predicted octanol–water partition coefficient (Wildman–Crippen LogP) is 2.85. The van der Waals surface area contributed by atoms with Gasteiger partial charge < -0.3 is 14.4 Å². The SMILES string of the molecule is Cc1ccc(CN(C)CC2(O)CCCN(Cc3ccc(F)c(F)c3)C2=O)o1. The number of piperidine rings is 1. The van der Waals surface area contributed by atoms with Crippen LogP contribution in [0.3, 0.4) is 0 Å². The molecule has 0 radical (unpaired) electrons. The predicted molar refractivity (Wildman–Crippen MR) is 95.7 cm³/mol. The molecule has 3 rings (SSSR count). The van der Waals surface area contributed by atoms with Gasteiger partial charge in [0, 0.05) is 19.6 Å². The van der Waals surface area contributed by atoms with Gasteiger partial charge in [0.2, 0.25) is 0 Å². The number of furan rings is 1. The number of aryl methyl sites for hydroxylation is 1. The Bertz CT molecular complexity index is 823. The van der Waals surface area contributed by atoms with Crippen LogP contribution in [-0.4, -0.2) is 46.6 Å². The van der Waals surface area contributed by atoms with Gasteiger partial charge in [0.05, 0.1) is 6.54 Å². The van der Waals surface area contributed by atoms with Crippen LogP contribution in [0.2, 0.25) is 0 Å². The molecule has 146 valence electrons. The number of hydrogen-bond acceptors (Lipinski definition) is 4. The molecule has 1 atom stereocenters. The van der Waals surface area contributed by atoms with E-state index in [0.717, 1.165) is 23.7 Å². The van der Waals surface area contributed by atoms with E-state index in [2.05, 4.69) is 0 Å². The number of rotatable bonds is 6. The number of amides is 1. The number of hydrogen-bond donors (Lipinski definition) is 1. The summed E-state index contributed by atoms with van der Waals surface area (Å²) < 4.78 is 32.1. The maximum Gasteiger partial charge on any atom is 0.256 e. The zero-order valence-electron chi connectivity index (χ0n) is 15.5. The zero-order valence-corrected chi connectivity index (χ0v) is 15.5. The molecule has 1 amide bonds. The summed E-state index contributed by atoms with van der Waals surface area (Å²) in [5, 5.41) is 10.9. The van der Waals surface area contributed by atoms with Crippen LogP contribution in [-0.2, 0) is 17.9 Å². The van der Waals surface area contributed by atoms with Gasteiger partial charge in [-0.25, -0.2) is 8.78 Å². The van der Waals surface area contributed by atoms with Crippen LogP contribution >= 0.6 is 0 Å². The monoisotopic (exact) mass is 378 g/mol. The molecule has 1 N–H and O–H groups in total. The smallest absolute Gasteiger partial charge is 0.256 e. The number of aliphatic hydroxyl groups is 1. The van der Waals surface area contributed by atoms with Crippen molar-refractivity contribution in [1.82, 2.24) is 9.80 Å². The lowest BCUT2D eigenvalue weighted by molar-refractivity contribution is -0.160. The molecule has 0 bridgehead atoms. The highest BCUT2D eigenvalue weighted by molar-refractivity contribution is 5.86. The average Bonchev–Trinajstić information content (AvgIpc) is 3.00. The van der Waals surface area contributed by atoms with Crippen molar-refractivity contribution in [2.45, 2.75) is 38.5 Å². The molecule has 1 aromatic heterocycles. The summed E-state index contributed by atoms with van der Waals surface area (Å²) in [4.78, 5) is 16.2. The number of likely N-dealkylation sites (N-methyl/N-ethyl adjacent to an activating group) is 1. The van der Waals surface area contributed by atoms with Crippen LogP contribution in [0.25, 0.3) is 0 Å². The Morgan fingerprint density at radius 3 is 2.70 bits per heavy atom. The minimum atomic E-state index is -1.51. The fraction of sp³-hybridized carbons (Fsp3) is 0.450. The van der Waals surface area contributed by atoms with E-state index in [1.54, 1.807) is 0 Å². The van der Waals surface area contributed by atoms with Crippen LogP contribution in [0.15, 0.2) is 34.7 Å². The van der Waals surface area contributed by atoms with Crippen LogP contribution < -0.4 is 0 Å². The number of carbonyl (C=O) groups excluding carboxylic acids is 1. The summed E-state index contributed by atoms with van der Waals surface area (Å²) in [6.45, 7) is 3.12. The van der Waals surface area contributed by atoms with Crippen LogP contribution in [0.4, 0.5) is 8.78 Å². The van der Waals surface area contributed by atoms with Crippen molar-refractivity contribution in [1.29, 1.82) is 0 Å². The van der Waals surface area contributed by atoms with Crippen molar-refractivity contribution < 1.29 is 23.1 Å². The molecule has 1 fully saturated rings. The molecule has 2 aromatic rings. The molecule has 2 heterocycles. The third-order valence-electron chi connectivity index (χ3n) is 4.81. The van der Waals surface area contributed by atoms with Crippen LogP contribution in [0.5, 0.6) is 0 Å². The van der Waals surface area contributed by atoms with Crippen LogP contribution in [0.1, 0.15) is 29.9 Å². The second kappa shape index (κ2) is 7.78. The van der Waals surface area contributed by atoms with Gasteiger partial charge in [0.15, 0.2) is 17.2 Å². The first kappa shape index (κ1) is 19.5. The minimum Gasteiger partial charge on any atom is -0.465 e. The Morgan fingerprint density at radius 1 is 1.26 bits per heavy atom. The molecular formula is C20H24F2N2O3. The lowest BCUT2D eigenvalue weighted by Crippen LogP contribution is -2.57. The van der Waals surface area contributed by atoms with Gasteiger partial charge in [-0.2, -0.15) is 0 Å². The van der Waals surface area contributed by atoms with Crippen molar-refractivity contribution >= 4 is 5.91 Å². The van der Waals surface area contributed by atoms with Crippen molar-refractivity contribution in [3.63, 3.8) is 0 Å². The summed E-state index contributed by atoms with van der Waals surface area (Å²) in [6.07, 6.45) is 1.00. The van der Waals surface area contributed by atoms with E-state index >= 15 is 0 Å².